The van der Waals surface area contributed by atoms with Crippen LogP contribution in [0.5, 0.6) is 0 Å². The van der Waals surface area contributed by atoms with Gasteiger partial charge in [0.05, 0.1) is 18.8 Å². The zero-order valence-electron chi connectivity index (χ0n) is 9.99. The quantitative estimate of drug-likeness (QED) is 0.715. The molecular weight excluding hydrogens is 202 g/mol. The van der Waals surface area contributed by atoms with Crippen molar-refractivity contribution in [3.63, 3.8) is 0 Å². The maximum Gasteiger partial charge on any atom is 0.0813 e. The van der Waals surface area contributed by atoms with Crippen LogP contribution in [0, 0.1) is 5.92 Å². The Morgan fingerprint density at radius 2 is 1.75 bits per heavy atom. The molecule has 92 valence electrons. The highest BCUT2D eigenvalue weighted by atomic mass is 16.5. The van der Waals surface area contributed by atoms with Crippen molar-refractivity contribution in [2.75, 3.05) is 19.8 Å². The van der Waals surface area contributed by atoms with Gasteiger partial charge in [0.25, 0.3) is 0 Å². The molecule has 3 fully saturated rings. The second-order valence-corrected chi connectivity index (χ2v) is 5.62. The molecule has 16 heavy (non-hydrogen) atoms. The fourth-order valence-electron chi connectivity index (χ4n) is 2.29. The second-order valence-electron chi connectivity index (χ2n) is 5.62. The number of ether oxygens (including phenoxy) is 2. The predicted octanol–water partition coefficient (Wildman–Crippen LogP) is 1.71. The average Bonchev–Trinajstić information content (AvgIpc) is 3.18. The minimum Gasteiger partial charge on any atom is -0.378 e. The fraction of sp³-hybridized carbons (Fsp3) is 1.00. The monoisotopic (exact) mass is 225 g/mol. The van der Waals surface area contributed by atoms with Crippen molar-refractivity contribution in [3.8, 4) is 0 Å². The van der Waals surface area contributed by atoms with Crippen molar-refractivity contribution in [1.29, 1.82) is 0 Å². The molecule has 1 heterocycles. The van der Waals surface area contributed by atoms with Gasteiger partial charge in [0.1, 0.15) is 0 Å². The largest absolute Gasteiger partial charge is 0.378 e. The van der Waals surface area contributed by atoms with Gasteiger partial charge in [-0.05, 0) is 44.4 Å². The van der Waals surface area contributed by atoms with Crippen molar-refractivity contribution >= 4 is 0 Å². The van der Waals surface area contributed by atoms with Crippen molar-refractivity contribution < 1.29 is 9.47 Å². The van der Waals surface area contributed by atoms with E-state index in [-0.39, 0.29) is 0 Å². The molecule has 0 amide bonds. The molecule has 3 nitrogen and oxygen atoms in total. The number of rotatable bonds is 7. The Bertz CT molecular complexity index is 226. The van der Waals surface area contributed by atoms with Crippen molar-refractivity contribution in [2.24, 2.45) is 5.92 Å². The zero-order valence-corrected chi connectivity index (χ0v) is 9.99. The summed E-state index contributed by atoms with van der Waals surface area (Å²) in [6.45, 7) is 2.82. The molecule has 1 aliphatic heterocycles. The molecule has 0 aromatic heterocycles. The lowest BCUT2D eigenvalue weighted by Crippen LogP contribution is -2.29. The van der Waals surface area contributed by atoms with Gasteiger partial charge < -0.3 is 14.8 Å². The van der Waals surface area contributed by atoms with Gasteiger partial charge in [-0.2, -0.15) is 0 Å². The lowest BCUT2D eigenvalue weighted by Gasteiger charge is -2.14. The Morgan fingerprint density at radius 1 is 0.938 bits per heavy atom. The van der Waals surface area contributed by atoms with E-state index < -0.39 is 0 Å². The summed E-state index contributed by atoms with van der Waals surface area (Å²) in [6, 6.07) is 0.800. The van der Waals surface area contributed by atoms with Crippen LogP contribution in [-0.4, -0.2) is 38.0 Å². The first-order chi connectivity index (χ1) is 7.90. The van der Waals surface area contributed by atoms with E-state index in [2.05, 4.69) is 5.32 Å². The topological polar surface area (TPSA) is 30.5 Å². The van der Waals surface area contributed by atoms with E-state index >= 15 is 0 Å². The third-order valence-corrected chi connectivity index (χ3v) is 3.76. The van der Waals surface area contributed by atoms with Crippen LogP contribution in [0.1, 0.15) is 38.5 Å². The standard InChI is InChI=1S/C13H23NO2/c1-2-10(1)8-15-9-13-6-5-12(16-13)7-14-11-3-4-11/h10-14H,1-9H2. The number of hydrogen-bond donors (Lipinski definition) is 1. The smallest absolute Gasteiger partial charge is 0.0813 e. The van der Waals surface area contributed by atoms with Gasteiger partial charge in [0, 0.05) is 19.2 Å². The predicted molar refractivity (Wildman–Crippen MR) is 62.5 cm³/mol. The first kappa shape index (κ1) is 11.0. The third kappa shape index (κ3) is 3.44. The number of nitrogens with one attached hydrogen (secondary N) is 1. The summed E-state index contributed by atoms with van der Waals surface area (Å²) in [5.74, 6) is 0.869. The Morgan fingerprint density at radius 3 is 2.50 bits per heavy atom. The molecule has 1 saturated heterocycles. The van der Waals surface area contributed by atoms with Crippen molar-refractivity contribution in [2.45, 2.75) is 56.8 Å². The Labute approximate surface area is 97.9 Å². The van der Waals surface area contributed by atoms with E-state index in [1.807, 2.05) is 0 Å². The van der Waals surface area contributed by atoms with Gasteiger partial charge in [-0.15, -0.1) is 0 Å². The lowest BCUT2D eigenvalue weighted by molar-refractivity contribution is -0.0166. The first-order valence-corrected chi connectivity index (χ1v) is 6.87. The minimum atomic E-state index is 0.366. The number of hydrogen-bond acceptors (Lipinski definition) is 3. The minimum absolute atomic E-state index is 0.366. The summed E-state index contributed by atoms with van der Waals surface area (Å²) in [4.78, 5) is 0. The van der Waals surface area contributed by atoms with Crippen LogP contribution in [0.15, 0.2) is 0 Å². The maximum atomic E-state index is 5.95. The molecular formula is C13H23NO2. The summed E-state index contributed by atoms with van der Waals surface area (Å²) < 4.78 is 11.6. The molecule has 0 radical (unpaired) electrons. The highest BCUT2D eigenvalue weighted by Gasteiger charge is 2.28. The highest BCUT2D eigenvalue weighted by molar-refractivity contribution is 4.84. The molecule has 2 unspecified atom stereocenters. The van der Waals surface area contributed by atoms with Crippen LogP contribution in [-0.2, 0) is 9.47 Å². The average molecular weight is 225 g/mol. The van der Waals surface area contributed by atoms with Crippen molar-refractivity contribution in [1.82, 2.24) is 5.32 Å². The SMILES string of the molecule is C1CC1COCC1CCC(CNC2CC2)O1. The van der Waals surface area contributed by atoms with Crippen LogP contribution in [0.3, 0.4) is 0 Å². The van der Waals surface area contributed by atoms with Gasteiger partial charge in [-0.25, -0.2) is 0 Å². The van der Waals surface area contributed by atoms with Crippen LogP contribution in [0.2, 0.25) is 0 Å². The van der Waals surface area contributed by atoms with E-state index in [0.29, 0.717) is 12.2 Å². The fourth-order valence-corrected chi connectivity index (χ4v) is 2.29. The Hall–Kier alpha value is -0.120. The van der Waals surface area contributed by atoms with E-state index in [1.165, 1.54) is 38.5 Å². The van der Waals surface area contributed by atoms with Crippen LogP contribution in [0.4, 0.5) is 0 Å². The van der Waals surface area contributed by atoms with Crippen LogP contribution >= 0.6 is 0 Å². The molecule has 1 N–H and O–H groups in total. The molecule has 0 aromatic rings. The summed E-state index contributed by atoms with van der Waals surface area (Å²) >= 11 is 0. The zero-order chi connectivity index (χ0) is 10.8. The van der Waals surface area contributed by atoms with Gasteiger partial charge >= 0.3 is 0 Å². The molecule has 2 atom stereocenters. The molecule has 2 aliphatic carbocycles. The Balaban J connectivity index is 1.26. The second kappa shape index (κ2) is 5.03. The van der Waals surface area contributed by atoms with E-state index in [0.717, 1.165) is 31.7 Å². The summed E-state index contributed by atoms with van der Waals surface area (Å²) in [7, 11) is 0. The summed E-state index contributed by atoms with van der Waals surface area (Å²) in [5, 5.41) is 3.54. The van der Waals surface area contributed by atoms with Gasteiger partial charge in [-0.1, -0.05) is 0 Å². The third-order valence-electron chi connectivity index (χ3n) is 3.76. The maximum absolute atomic E-state index is 5.95. The molecule has 3 rings (SSSR count). The molecule has 3 heteroatoms. The molecule has 2 saturated carbocycles. The first-order valence-electron chi connectivity index (χ1n) is 6.87. The molecule has 0 bridgehead atoms. The van der Waals surface area contributed by atoms with E-state index in [1.54, 1.807) is 0 Å². The summed E-state index contributed by atoms with van der Waals surface area (Å²) in [6.07, 6.45) is 8.67. The summed E-state index contributed by atoms with van der Waals surface area (Å²) in [5.41, 5.74) is 0. The van der Waals surface area contributed by atoms with Crippen molar-refractivity contribution in [3.05, 3.63) is 0 Å². The van der Waals surface area contributed by atoms with Crippen LogP contribution in [0.25, 0.3) is 0 Å². The normalized spacial score (nSPS) is 34.5. The Kier molecular flexibility index (Phi) is 3.46. The molecule has 0 aromatic carbocycles. The molecule has 3 aliphatic rings. The van der Waals surface area contributed by atoms with Gasteiger partial charge in [-0.3, -0.25) is 0 Å². The lowest BCUT2D eigenvalue weighted by atomic mass is 10.2. The highest BCUT2D eigenvalue weighted by Crippen LogP contribution is 2.29. The van der Waals surface area contributed by atoms with Crippen LogP contribution < -0.4 is 5.32 Å². The molecule has 0 spiro atoms. The van der Waals surface area contributed by atoms with Gasteiger partial charge in [0.15, 0.2) is 0 Å². The van der Waals surface area contributed by atoms with E-state index in [9.17, 15) is 0 Å². The van der Waals surface area contributed by atoms with Gasteiger partial charge in [0.2, 0.25) is 0 Å². The van der Waals surface area contributed by atoms with E-state index in [4.69, 9.17) is 9.47 Å².